The largest absolute Gasteiger partial charge is 0.392 e. The Labute approximate surface area is 58.7 Å². The van der Waals surface area contributed by atoms with E-state index in [0.29, 0.717) is 6.54 Å². The molecule has 0 saturated heterocycles. The Bertz CT molecular complexity index is 116. The van der Waals surface area contributed by atoms with Gasteiger partial charge < -0.3 is 5.11 Å². The second-order valence-electron chi connectivity index (χ2n) is 2.05. The predicted octanol–water partition coefficient (Wildman–Crippen LogP) is 0.317. The third-order valence-electron chi connectivity index (χ3n) is 0.984. The van der Waals surface area contributed by atoms with Gasteiger partial charge in [-0.2, -0.15) is 5.10 Å². The number of nitrogens with zero attached hydrogens (tertiary/aromatic N) is 2. The van der Waals surface area contributed by atoms with E-state index in [1.54, 1.807) is 24.2 Å². The number of hydrogen-bond acceptors (Lipinski definition) is 4. The van der Waals surface area contributed by atoms with Gasteiger partial charge in [0.15, 0.2) is 0 Å². The average molecular weight is 146 g/mol. The summed E-state index contributed by atoms with van der Waals surface area (Å²) in [4.78, 5) is 0. The summed E-state index contributed by atoms with van der Waals surface area (Å²) < 4.78 is 0. The molecule has 0 radical (unpaired) electrons. The molecular formula is C5H10N2OS. The first-order valence-corrected chi connectivity index (χ1v) is 3.91. The van der Waals surface area contributed by atoms with Crippen LogP contribution in [-0.2, 0) is 0 Å². The molecule has 0 amide bonds. The van der Waals surface area contributed by atoms with E-state index in [9.17, 15) is 0 Å². The zero-order valence-corrected chi connectivity index (χ0v) is 6.14. The van der Waals surface area contributed by atoms with Crippen LogP contribution in [0, 0.1) is 0 Å². The number of rotatable bonds is 2. The van der Waals surface area contributed by atoms with Gasteiger partial charge in [0.05, 0.1) is 24.1 Å². The molecule has 1 N–H and O–H groups in total. The molecule has 0 bridgehead atoms. The minimum absolute atomic E-state index is 0.277. The fourth-order valence-electron chi connectivity index (χ4n) is 0.658. The zero-order chi connectivity index (χ0) is 6.69. The molecule has 0 aliphatic carbocycles. The molecule has 1 aliphatic rings. The van der Waals surface area contributed by atoms with E-state index in [1.165, 1.54) is 0 Å². The molecule has 0 aromatic rings. The molecule has 1 atom stereocenters. The molecule has 0 aromatic heterocycles. The maximum absolute atomic E-state index is 8.89. The van der Waals surface area contributed by atoms with E-state index in [-0.39, 0.29) is 6.10 Å². The maximum atomic E-state index is 8.89. The van der Waals surface area contributed by atoms with Crippen molar-refractivity contribution in [2.24, 2.45) is 5.10 Å². The van der Waals surface area contributed by atoms with Crippen LogP contribution in [0.3, 0.4) is 0 Å². The normalized spacial score (nSPS) is 20.9. The van der Waals surface area contributed by atoms with Gasteiger partial charge in [0.2, 0.25) is 0 Å². The Kier molecular flexibility index (Phi) is 2.36. The average Bonchev–Trinajstić information content (AvgIpc) is 2.15. The Hall–Kier alpha value is -0.220. The predicted molar refractivity (Wildman–Crippen MR) is 39.3 cm³/mol. The summed E-state index contributed by atoms with van der Waals surface area (Å²) in [5, 5.41) is 14.7. The van der Waals surface area contributed by atoms with Crippen LogP contribution in [0.5, 0.6) is 0 Å². The van der Waals surface area contributed by atoms with Crippen molar-refractivity contribution in [2.45, 2.75) is 13.0 Å². The van der Waals surface area contributed by atoms with Crippen molar-refractivity contribution in [1.29, 1.82) is 0 Å². The minimum Gasteiger partial charge on any atom is -0.392 e. The lowest BCUT2D eigenvalue weighted by Crippen LogP contribution is -2.23. The summed E-state index contributed by atoms with van der Waals surface area (Å²) in [5.41, 5.74) is 1.79. The first kappa shape index (κ1) is 6.89. The highest BCUT2D eigenvalue weighted by Crippen LogP contribution is 2.09. The third-order valence-corrected chi connectivity index (χ3v) is 1.67. The zero-order valence-electron chi connectivity index (χ0n) is 5.32. The van der Waals surface area contributed by atoms with Crippen LogP contribution < -0.4 is 0 Å². The fourth-order valence-corrected chi connectivity index (χ4v) is 1.27. The van der Waals surface area contributed by atoms with Gasteiger partial charge in [0.1, 0.15) is 0 Å². The van der Waals surface area contributed by atoms with Crippen molar-refractivity contribution in [3.8, 4) is 0 Å². The molecule has 0 spiro atoms. The Morgan fingerprint density at radius 3 is 3.22 bits per heavy atom. The van der Waals surface area contributed by atoms with Crippen LogP contribution in [0.1, 0.15) is 6.92 Å². The monoisotopic (exact) mass is 146 g/mol. The van der Waals surface area contributed by atoms with Crippen molar-refractivity contribution in [1.82, 2.24) is 5.01 Å². The maximum Gasteiger partial charge on any atom is 0.0872 e. The molecular weight excluding hydrogens is 136 g/mol. The number of hydrazone groups is 1. The van der Waals surface area contributed by atoms with Crippen LogP contribution in [0.25, 0.3) is 0 Å². The van der Waals surface area contributed by atoms with Crippen molar-refractivity contribution in [3.63, 3.8) is 0 Å². The van der Waals surface area contributed by atoms with Gasteiger partial charge in [0, 0.05) is 0 Å². The number of hydrogen-bond donors (Lipinski definition) is 1. The SMILES string of the molecule is CC(O)CN1CSC=N1. The standard InChI is InChI=1S/C5H10N2OS/c1-5(8)2-7-4-9-3-6-7/h3,5,8H,2,4H2,1H3. The molecule has 1 heterocycles. The minimum atomic E-state index is -0.277. The molecule has 0 fully saturated rings. The van der Waals surface area contributed by atoms with E-state index in [1.807, 2.05) is 5.01 Å². The first-order valence-electron chi connectivity index (χ1n) is 2.86. The molecule has 4 heteroatoms. The third kappa shape index (κ3) is 2.24. The summed E-state index contributed by atoms with van der Waals surface area (Å²) in [7, 11) is 0. The van der Waals surface area contributed by atoms with Gasteiger partial charge in [-0.15, -0.1) is 0 Å². The van der Waals surface area contributed by atoms with E-state index in [2.05, 4.69) is 5.10 Å². The number of thioether (sulfide) groups is 1. The quantitative estimate of drug-likeness (QED) is 0.609. The molecule has 9 heavy (non-hydrogen) atoms. The molecule has 0 aromatic carbocycles. The van der Waals surface area contributed by atoms with E-state index in [4.69, 9.17) is 5.11 Å². The summed E-state index contributed by atoms with van der Waals surface area (Å²) in [6.07, 6.45) is -0.277. The summed E-state index contributed by atoms with van der Waals surface area (Å²) >= 11 is 1.65. The number of aliphatic hydroxyl groups is 1. The Morgan fingerprint density at radius 1 is 2.00 bits per heavy atom. The number of β-amino-alcohol motifs (C(OH)–C–C–N with tert-alkyl or cyclic N) is 1. The lowest BCUT2D eigenvalue weighted by molar-refractivity contribution is 0.142. The Morgan fingerprint density at radius 2 is 2.78 bits per heavy atom. The van der Waals surface area contributed by atoms with Crippen molar-refractivity contribution >= 4 is 17.3 Å². The summed E-state index contributed by atoms with van der Waals surface area (Å²) in [6, 6.07) is 0. The van der Waals surface area contributed by atoms with E-state index < -0.39 is 0 Å². The van der Waals surface area contributed by atoms with Crippen LogP contribution >= 0.6 is 11.8 Å². The van der Waals surface area contributed by atoms with Crippen LogP contribution in [0.15, 0.2) is 5.10 Å². The van der Waals surface area contributed by atoms with Gasteiger partial charge in [-0.1, -0.05) is 11.8 Å². The van der Waals surface area contributed by atoms with Gasteiger partial charge in [0.25, 0.3) is 0 Å². The molecule has 3 nitrogen and oxygen atoms in total. The highest BCUT2D eigenvalue weighted by molar-refractivity contribution is 8.12. The van der Waals surface area contributed by atoms with E-state index in [0.717, 1.165) is 5.88 Å². The smallest absolute Gasteiger partial charge is 0.0872 e. The van der Waals surface area contributed by atoms with Gasteiger partial charge in [-0.25, -0.2) is 0 Å². The second kappa shape index (κ2) is 3.08. The van der Waals surface area contributed by atoms with Gasteiger partial charge in [-0.05, 0) is 6.92 Å². The first-order chi connectivity index (χ1) is 4.29. The van der Waals surface area contributed by atoms with Crippen LogP contribution in [-0.4, -0.2) is 34.2 Å². The van der Waals surface area contributed by atoms with Crippen LogP contribution in [0.4, 0.5) is 0 Å². The highest BCUT2D eigenvalue weighted by atomic mass is 32.2. The molecule has 1 unspecified atom stereocenters. The second-order valence-corrected chi connectivity index (χ2v) is 2.86. The highest BCUT2D eigenvalue weighted by Gasteiger charge is 2.07. The fraction of sp³-hybridized carbons (Fsp3) is 0.800. The molecule has 52 valence electrons. The van der Waals surface area contributed by atoms with Crippen molar-refractivity contribution < 1.29 is 5.11 Å². The van der Waals surface area contributed by atoms with E-state index >= 15 is 0 Å². The number of aliphatic hydroxyl groups excluding tert-OH is 1. The summed E-state index contributed by atoms with van der Waals surface area (Å²) in [5.74, 6) is 0.880. The summed E-state index contributed by atoms with van der Waals surface area (Å²) in [6.45, 7) is 2.40. The molecule has 1 rings (SSSR count). The van der Waals surface area contributed by atoms with Crippen molar-refractivity contribution in [3.05, 3.63) is 0 Å². The van der Waals surface area contributed by atoms with Crippen LogP contribution in [0.2, 0.25) is 0 Å². The lowest BCUT2D eigenvalue weighted by atomic mass is 10.4. The lowest BCUT2D eigenvalue weighted by Gasteiger charge is -2.13. The van der Waals surface area contributed by atoms with Gasteiger partial charge >= 0.3 is 0 Å². The molecule has 1 aliphatic heterocycles. The Balaban J connectivity index is 2.20. The van der Waals surface area contributed by atoms with Crippen molar-refractivity contribution in [2.75, 3.05) is 12.4 Å². The topological polar surface area (TPSA) is 35.8 Å². The van der Waals surface area contributed by atoms with Gasteiger partial charge in [-0.3, -0.25) is 5.01 Å². The molecule has 0 saturated carbocycles.